The number of nitrogens with one attached hydrogen (secondary N) is 1. The first kappa shape index (κ1) is 16.9. The Balaban J connectivity index is 2.78. The number of benzene rings is 1. The van der Waals surface area contributed by atoms with Crippen LogP contribution in [0.3, 0.4) is 0 Å². The summed E-state index contributed by atoms with van der Waals surface area (Å²) in [5.41, 5.74) is 0.749. The Labute approximate surface area is 120 Å². The van der Waals surface area contributed by atoms with Gasteiger partial charge in [0.1, 0.15) is 5.75 Å². The second kappa shape index (κ2) is 7.58. The van der Waals surface area contributed by atoms with Gasteiger partial charge in [0, 0.05) is 7.11 Å². The lowest BCUT2D eigenvalue weighted by molar-refractivity contribution is 0.0438. The quantitative estimate of drug-likeness (QED) is 0.584. The van der Waals surface area contributed by atoms with Crippen molar-refractivity contribution in [2.75, 3.05) is 20.3 Å². The van der Waals surface area contributed by atoms with Crippen molar-refractivity contribution >= 4 is 10.0 Å². The van der Waals surface area contributed by atoms with Crippen LogP contribution in [-0.2, 0) is 19.6 Å². The monoisotopic (exact) mass is 303 g/mol. The van der Waals surface area contributed by atoms with Crippen LogP contribution in [0, 0.1) is 6.92 Å². The minimum absolute atomic E-state index is 0.0339. The highest BCUT2D eigenvalue weighted by Crippen LogP contribution is 2.22. The lowest BCUT2D eigenvalue weighted by Crippen LogP contribution is -2.25. The van der Waals surface area contributed by atoms with Crippen molar-refractivity contribution in [3.8, 4) is 5.75 Å². The Kier molecular flexibility index (Phi) is 6.41. The van der Waals surface area contributed by atoms with E-state index in [-0.39, 0.29) is 17.6 Å². The third kappa shape index (κ3) is 5.09. The van der Waals surface area contributed by atoms with E-state index >= 15 is 0 Å². The maximum absolute atomic E-state index is 12.0. The second-order valence-electron chi connectivity index (χ2n) is 4.52. The van der Waals surface area contributed by atoms with Crippen LogP contribution in [0.5, 0.6) is 5.75 Å². The minimum Gasteiger partial charge on any atom is -0.491 e. The molecule has 0 unspecified atom stereocenters. The molecule has 0 saturated carbocycles. The Bertz CT molecular complexity index is 528. The molecule has 1 aromatic rings. The van der Waals surface area contributed by atoms with Gasteiger partial charge in [-0.15, -0.1) is 0 Å². The molecule has 0 fully saturated rings. The van der Waals surface area contributed by atoms with E-state index in [0.29, 0.717) is 12.4 Å². The number of hydrogen-bond acceptors (Lipinski definition) is 5. The van der Waals surface area contributed by atoms with Crippen LogP contribution in [0.1, 0.15) is 19.4 Å². The van der Waals surface area contributed by atoms with E-state index in [2.05, 4.69) is 0 Å². The maximum Gasteiger partial charge on any atom is 0.262 e. The molecule has 0 bridgehead atoms. The predicted octanol–water partition coefficient (Wildman–Crippen LogP) is 1.64. The van der Waals surface area contributed by atoms with Gasteiger partial charge in [0.15, 0.2) is 0 Å². The summed E-state index contributed by atoms with van der Waals surface area (Å²) < 4.78 is 34.2. The molecule has 0 heterocycles. The van der Waals surface area contributed by atoms with Gasteiger partial charge in [0.05, 0.1) is 24.2 Å². The number of ether oxygens (including phenoxy) is 2. The van der Waals surface area contributed by atoms with E-state index in [1.807, 2.05) is 18.7 Å². The predicted molar refractivity (Wildman–Crippen MR) is 75.1 cm³/mol. The molecule has 0 amide bonds. The summed E-state index contributed by atoms with van der Waals surface area (Å²) in [5.74, 6) is 0.666. The molecule has 0 aliphatic heterocycles. The van der Waals surface area contributed by atoms with Gasteiger partial charge < -0.3 is 9.47 Å². The molecule has 6 nitrogen and oxygen atoms in total. The van der Waals surface area contributed by atoms with Crippen LogP contribution in [0.25, 0.3) is 0 Å². The summed E-state index contributed by atoms with van der Waals surface area (Å²) in [6.45, 7) is 6.07. The molecule has 0 saturated heterocycles. The Morgan fingerprint density at radius 3 is 2.50 bits per heavy atom. The number of methoxy groups -OCH3 is 1. The first-order valence-electron chi connectivity index (χ1n) is 6.26. The van der Waals surface area contributed by atoms with E-state index in [4.69, 9.17) is 14.3 Å². The third-order valence-electron chi connectivity index (χ3n) is 2.38. The van der Waals surface area contributed by atoms with Gasteiger partial charge in [-0.05, 0) is 44.5 Å². The number of hydrogen-bond donors (Lipinski definition) is 1. The zero-order valence-electron chi connectivity index (χ0n) is 12.2. The molecule has 0 atom stereocenters. The van der Waals surface area contributed by atoms with Crippen LogP contribution in [-0.4, -0.2) is 34.8 Å². The van der Waals surface area contributed by atoms with E-state index < -0.39 is 10.0 Å². The third-order valence-corrected chi connectivity index (χ3v) is 3.59. The molecule has 0 aliphatic carbocycles. The van der Waals surface area contributed by atoms with Crippen molar-refractivity contribution in [3.05, 3.63) is 23.8 Å². The fourth-order valence-electron chi connectivity index (χ4n) is 1.47. The van der Waals surface area contributed by atoms with E-state index in [1.165, 1.54) is 13.2 Å². The highest BCUT2D eigenvalue weighted by molar-refractivity contribution is 7.89. The molecule has 1 N–H and O–H groups in total. The SMILES string of the molecule is COCCONS(=O)(=O)c1ccc(OC(C)C)c(C)c1. The van der Waals surface area contributed by atoms with Gasteiger partial charge in [-0.25, -0.2) is 8.42 Å². The van der Waals surface area contributed by atoms with Gasteiger partial charge in [-0.3, -0.25) is 4.84 Å². The van der Waals surface area contributed by atoms with Crippen molar-refractivity contribution < 1.29 is 22.7 Å². The molecular formula is C13H21NO5S. The highest BCUT2D eigenvalue weighted by atomic mass is 32.2. The molecule has 114 valence electrons. The molecule has 1 rings (SSSR count). The fourth-order valence-corrected chi connectivity index (χ4v) is 2.38. The first-order chi connectivity index (χ1) is 9.36. The first-order valence-corrected chi connectivity index (χ1v) is 7.75. The van der Waals surface area contributed by atoms with Gasteiger partial charge in [0.2, 0.25) is 0 Å². The average molecular weight is 303 g/mol. The van der Waals surface area contributed by atoms with Crippen molar-refractivity contribution in [1.29, 1.82) is 0 Å². The van der Waals surface area contributed by atoms with E-state index in [9.17, 15) is 8.42 Å². The maximum atomic E-state index is 12.0. The lowest BCUT2D eigenvalue weighted by Gasteiger charge is -2.13. The van der Waals surface area contributed by atoms with Crippen LogP contribution in [0.15, 0.2) is 23.1 Å². The standard InChI is InChI=1S/C13H21NO5S/c1-10(2)19-13-6-5-12(9-11(13)3)20(15,16)14-18-8-7-17-4/h5-6,9-10,14H,7-8H2,1-4H3. The minimum atomic E-state index is -3.69. The molecule has 1 aromatic carbocycles. The van der Waals surface area contributed by atoms with E-state index in [1.54, 1.807) is 19.1 Å². The van der Waals surface area contributed by atoms with Crippen molar-refractivity contribution in [2.24, 2.45) is 0 Å². The summed E-state index contributed by atoms with van der Waals surface area (Å²) in [5, 5.41) is 0. The molecule has 20 heavy (non-hydrogen) atoms. The largest absolute Gasteiger partial charge is 0.491 e. The molecule has 0 aliphatic rings. The van der Waals surface area contributed by atoms with Crippen LogP contribution in [0.4, 0.5) is 0 Å². The van der Waals surface area contributed by atoms with E-state index in [0.717, 1.165) is 5.56 Å². The summed E-state index contributed by atoms with van der Waals surface area (Å²) in [6, 6.07) is 4.66. The zero-order valence-corrected chi connectivity index (χ0v) is 13.0. The lowest BCUT2D eigenvalue weighted by atomic mass is 10.2. The highest BCUT2D eigenvalue weighted by Gasteiger charge is 2.16. The van der Waals surface area contributed by atoms with Crippen molar-refractivity contribution in [1.82, 2.24) is 4.89 Å². The summed E-state index contributed by atoms with van der Waals surface area (Å²) in [7, 11) is -2.18. The van der Waals surface area contributed by atoms with Crippen LogP contribution < -0.4 is 9.62 Å². The molecule has 7 heteroatoms. The Hall–Kier alpha value is -1.15. The molecular weight excluding hydrogens is 282 g/mol. The summed E-state index contributed by atoms with van der Waals surface area (Å²) in [4.78, 5) is 7.01. The molecule has 0 radical (unpaired) electrons. The number of sulfonamides is 1. The van der Waals surface area contributed by atoms with Crippen LogP contribution in [0.2, 0.25) is 0 Å². The van der Waals surface area contributed by atoms with Gasteiger partial charge in [0.25, 0.3) is 10.0 Å². The average Bonchev–Trinajstić information content (AvgIpc) is 2.36. The van der Waals surface area contributed by atoms with Crippen LogP contribution >= 0.6 is 0 Å². The molecule has 0 spiro atoms. The summed E-state index contributed by atoms with van der Waals surface area (Å²) >= 11 is 0. The zero-order chi connectivity index (χ0) is 15.2. The second-order valence-corrected chi connectivity index (χ2v) is 6.17. The van der Waals surface area contributed by atoms with Crippen molar-refractivity contribution in [3.63, 3.8) is 0 Å². The topological polar surface area (TPSA) is 73.9 Å². The summed E-state index contributed by atoms with van der Waals surface area (Å²) in [6.07, 6.45) is 0.0339. The van der Waals surface area contributed by atoms with Gasteiger partial charge >= 0.3 is 0 Å². The Morgan fingerprint density at radius 1 is 1.25 bits per heavy atom. The number of rotatable bonds is 8. The number of aryl methyl sites for hydroxylation is 1. The fraction of sp³-hybridized carbons (Fsp3) is 0.538. The van der Waals surface area contributed by atoms with Gasteiger partial charge in [-0.1, -0.05) is 4.89 Å². The Morgan fingerprint density at radius 2 is 1.95 bits per heavy atom. The molecule has 0 aromatic heterocycles. The normalized spacial score (nSPS) is 11.8. The van der Waals surface area contributed by atoms with Gasteiger partial charge in [-0.2, -0.15) is 0 Å². The smallest absolute Gasteiger partial charge is 0.262 e. The van der Waals surface area contributed by atoms with Crippen molar-refractivity contribution in [2.45, 2.75) is 31.8 Å².